The third-order valence-electron chi connectivity index (χ3n) is 3.46. The first-order valence-electron chi connectivity index (χ1n) is 6.77. The van der Waals surface area contributed by atoms with Gasteiger partial charge in [-0.2, -0.15) is 5.26 Å². The number of H-pyrrole nitrogens is 1. The number of pyridine rings is 1. The van der Waals surface area contributed by atoms with Gasteiger partial charge in [-0.25, -0.2) is 4.98 Å². The molecule has 0 aliphatic rings. The van der Waals surface area contributed by atoms with Gasteiger partial charge in [-0.3, -0.25) is 5.73 Å². The van der Waals surface area contributed by atoms with E-state index in [-0.39, 0.29) is 0 Å². The maximum absolute atomic E-state index is 9.40. The summed E-state index contributed by atoms with van der Waals surface area (Å²) in [7, 11) is 0. The minimum Gasteiger partial charge on any atom is -0.286 e. The van der Waals surface area contributed by atoms with Gasteiger partial charge in [-0.05, 0) is 23.8 Å². The van der Waals surface area contributed by atoms with E-state index in [2.05, 4.69) is 11.1 Å². The highest BCUT2D eigenvalue weighted by Crippen LogP contribution is 2.31. The zero-order valence-electron chi connectivity index (χ0n) is 11.7. The maximum atomic E-state index is 9.40. The predicted molar refractivity (Wildman–Crippen MR) is 88.0 cm³/mol. The number of rotatable bonds is 2. The van der Waals surface area contributed by atoms with Crippen molar-refractivity contribution in [1.82, 2.24) is 0 Å². The fourth-order valence-corrected chi connectivity index (χ4v) is 2.63. The number of halogens is 1. The van der Waals surface area contributed by atoms with E-state index in [0.29, 0.717) is 16.4 Å². The van der Waals surface area contributed by atoms with Crippen LogP contribution in [0.15, 0.2) is 60.7 Å². The SMILES string of the molecule is N#Cc1c(-c2ccccc2)cc(-c2ccccc2Cl)[nH+]c1N. The first-order valence-corrected chi connectivity index (χ1v) is 7.14. The Bertz CT molecular complexity index is 867. The second kappa shape index (κ2) is 5.88. The van der Waals surface area contributed by atoms with Crippen LogP contribution in [0, 0.1) is 11.3 Å². The van der Waals surface area contributed by atoms with E-state index in [1.165, 1.54) is 0 Å². The minimum absolute atomic E-state index is 0.332. The Morgan fingerprint density at radius 3 is 2.32 bits per heavy atom. The molecule has 0 amide bonds. The van der Waals surface area contributed by atoms with Crippen LogP contribution in [-0.2, 0) is 0 Å². The highest BCUT2D eigenvalue weighted by atomic mass is 35.5. The molecular weight excluding hydrogens is 294 g/mol. The molecule has 4 heteroatoms. The Hall–Kier alpha value is -2.83. The van der Waals surface area contributed by atoms with Gasteiger partial charge in [0.05, 0.1) is 5.02 Å². The molecular formula is C18H13ClN3+. The van der Waals surface area contributed by atoms with Gasteiger partial charge in [0.2, 0.25) is 0 Å². The molecule has 0 aliphatic heterocycles. The van der Waals surface area contributed by atoms with Gasteiger partial charge in [-0.15, -0.1) is 0 Å². The molecule has 22 heavy (non-hydrogen) atoms. The van der Waals surface area contributed by atoms with Crippen molar-refractivity contribution in [2.45, 2.75) is 0 Å². The van der Waals surface area contributed by atoms with E-state index in [9.17, 15) is 5.26 Å². The van der Waals surface area contributed by atoms with E-state index < -0.39 is 0 Å². The number of hydrogen-bond acceptors (Lipinski definition) is 2. The Balaban J connectivity index is 2.27. The van der Waals surface area contributed by atoms with Gasteiger partial charge in [0.15, 0.2) is 0 Å². The Kier molecular flexibility index (Phi) is 3.78. The quantitative estimate of drug-likeness (QED) is 0.779. The van der Waals surface area contributed by atoms with Gasteiger partial charge < -0.3 is 0 Å². The number of aromatic nitrogens is 1. The largest absolute Gasteiger partial charge is 0.289 e. The average molecular weight is 307 g/mol. The number of nitrogens with two attached hydrogens (primary N) is 1. The number of anilines is 1. The minimum atomic E-state index is 0.332. The van der Waals surface area contributed by atoms with Gasteiger partial charge in [0.1, 0.15) is 17.3 Å². The van der Waals surface area contributed by atoms with Crippen LogP contribution >= 0.6 is 11.6 Å². The number of hydrogen-bond donors (Lipinski definition) is 1. The molecule has 3 aromatic rings. The maximum Gasteiger partial charge on any atom is 0.289 e. The van der Waals surface area contributed by atoms with Crippen LogP contribution in [0.4, 0.5) is 5.82 Å². The molecule has 3 nitrogen and oxygen atoms in total. The topological polar surface area (TPSA) is 64.0 Å². The van der Waals surface area contributed by atoms with Crippen molar-refractivity contribution in [2.75, 3.05) is 5.73 Å². The first kappa shape index (κ1) is 14.1. The molecule has 0 saturated heterocycles. The van der Waals surface area contributed by atoms with Crippen molar-refractivity contribution in [3.05, 3.63) is 71.2 Å². The van der Waals surface area contributed by atoms with Gasteiger partial charge >= 0.3 is 0 Å². The third-order valence-corrected chi connectivity index (χ3v) is 3.79. The molecule has 0 spiro atoms. The monoisotopic (exact) mass is 306 g/mol. The molecule has 3 rings (SSSR count). The summed E-state index contributed by atoms with van der Waals surface area (Å²) in [6, 6.07) is 21.3. The molecule has 0 saturated carbocycles. The first-order chi connectivity index (χ1) is 10.7. The molecule has 2 aromatic carbocycles. The number of aromatic amines is 1. The number of benzene rings is 2. The molecule has 0 atom stereocenters. The molecule has 0 fully saturated rings. The van der Waals surface area contributed by atoms with Crippen molar-refractivity contribution < 1.29 is 4.98 Å². The Morgan fingerprint density at radius 2 is 1.64 bits per heavy atom. The van der Waals surface area contributed by atoms with Gasteiger partial charge in [0.25, 0.3) is 5.82 Å². The lowest BCUT2D eigenvalue weighted by atomic mass is 9.98. The third kappa shape index (κ3) is 2.52. The smallest absolute Gasteiger partial charge is 0.286 e. The van der Waals surface area contributed by atoms with Crippen molar-refractivity contribution in [2.24, 2.45) is 0 Å². The lowest BCUT2D eigenvalue weighted by Gasteiger charge is -2.08. The van der Waals surface area contributed by atoms with E-state index in [1.54, 1.807) is 0 Å². The van der Waals surface area contributed by atoms with Crippen molar-refractivity contribution in [3.8, 4) is 28.5 Å². The molecule has 106 valence electrons. The summed E-state index contributed by atoms with van der Waals surface area (Å²) >= 11 is 6.26. The second-order valence-electron chi connectivity index (χ2n) is 4.84. The number of nitrogens with zero attached hydrogens (tertiary/aromatic N) is 1. The van der Waals surface area contributed by atoms with Crippen LogP contribution in [-0.4, -0.2) is 0 Å². The van der Waals surface area contributed by atoms with Crippen molar-refractivity contribution in [3.63, 3.8) is 0 Å². The zero-order valence-corrected chi connectivity index (χ0v) is 12.4. The lowest BCUT2D eigenvalue weighted by Crippen LogP contribution is -2.16. The number of nitrogen functional groups attached to an aromatic ring is 1. The van der Waals surface area contributed by atoms with E-state index in [4.69, 9.17) is 17.3 Å². The predicted octanol–water partition coefficient (Wildman–Crippen LogP) is 3.94. The molecule has 0 aliphatic carbocycles. The standard InChI is InChI=1S/C18H12ClN3/c19-16-9-5-4-8-13(16)17-10-14(12-6-2-1-3-7-12)15(11-20)18(21)22-17/h1-10H,(H2,21,22)/p+1. The summed E-state index contributed by atoms with van der Waals surface area (Å²) in [5, 5.41) is 10.0. The highest BCUT2D eigenvalue weighted by molar-refractivity contribution is 6.33. The fourth-order valence-electron chi connectivity index (χ4n) is 2.40. The van der Waals surface area contributed by atoms with E-state index >= 15 is 0 Å². The lowest BCUT2D eigenvalue weighted by molar-refractivity contribution is -0.346. The molecule has 0 unspecified atom stereocenters. The Labute approximate surface area is 133 Å². The van der Waals surface area contributed by atoms with E-state index in [1.807, 2.05) is 60.7 Å². The summed E-state index contributed by atoms with van der Waals surface area (Å²) in [5.41, 5.74) is 9.82. The number of nitriles is 1. The molecule has 0 bridgehead atoms. The second-order valence-corrected chi connectivity index (χ2v) is 5.25. The summed E-state index contributed by atoms with van der Waals surface area (Å²) in [6.07, 6.45) is 0. The number of nitrogens with one attached hydrogen (secondary N) is 1. The van der Waals surface area contributed by atoms with Gasteiger partial charge in [0, 0.05) is 11.1 Å². The normalized spacial score (nSPS) is 10.2. The van der Waals surface area contributed by atoms with Crippen LogP contribution in [0.5, 0.6) is 0 Å². The van der Waals surface area contributed by atoms with Crippen LogP contribution in [0.2, 0.25) is 5.02 Å². The highest BCUT2D eigenvalue weighted by Gasteiger charge is 2.17. The zero-order chi connectivity index (χ0) is 15.5. The molecule has 0 radical (unpaired) electrons. The van der Waals surface area contributed by atoms with Crippen molar-refractivity contribution in [1.29, 1.82) is 5.26 Å². The Morgan fingerprint density at radius 1 is 0.955 bits per heavy atom. The molecule has 1 aromatic heterocycles. The average Bonchev–Trinajstić information content (AvgIpc) is 2.55. The summed E-state index contributed by atoms with van der Waals surface area (Å²) < 4.78 is 0. The summed E-state index contributed by atoms with van der Waals surface area (Å²) in [4.78, 5) is 3.06. The molecule has 1 heterocycles. The summed E-state index contributed by atoms with van der Waals surface area (Å²) in [5.74, 6) is 0.332. The van der Waals surface area contributed by atoms with Crippen LogP contribution in [0.3, 0.4) is 0 Å². The fraction of sp³-hybridized carbons (Fsp3) is 0. The van der Waals surface area contributed by atoms with Crippen LogP contribution in [0.1, 0.15) is 5.56 Å². The summed E-state index contributed by atoms with van der Waals surface area (Å²) in [6.45, 7) is 0. The van der Waals surface area contributed by atoms with Crippen LogP contribution < -0.4 is 10.7 Å². The van der Waals surface area contributed by atoms with Gasteiger partial charge in [-0.1, -0.05) is 54.1 Å². The molecule has 3 N–H and O–H groups in total. The van der Waals surface area contributed by atoms with E-state index in [0.717, 1.165) is 22.4 Å². The van der Waals surface area contributed by atoms with Crippen molar-refractivity contribution >= 4 is 17.4 Å². The van der Waals surface area contributed by atoms with Crippen LogP contribution in [0.25, 0.3) is 22.4 Å².